The van der Waals surface area contributed by atoms with Crippen LogP contribution in [0.4, 0.5) is 4.39 Å². The Balaban J connectivity index is 2.18. The first kappa shape index (κ1) is 17.4. The van der Waals surface area contributed by atoms with Gasteiger partial charge in [0.15, 0.2) is 10.8 Å². The molecule has 1 aliphatic rings. The minimum Gasteiger partial charge on any atom is -0.341 e. The quantitative estimate of drug-likeness (QED) is 0.839. The Labute approximate surface area is 153 Å². The van der Waals surface area contributed by atoms with E-state index in [0.717, 1.165) is 11.8 Å². The molecule has 2 aromatic rings. The van der Waals surface area contributed by atoms with E-state index in [4.69, 9.17) is 6.42 Å². The zero-order chi connectivity index (χ0) is 18.0. The summed E-state index contributed by atoms with van der Waals surface area (Å²) in [5.41, 5.74) is 2.21. The summed E-state index contributed by atoms with van der Waals surface area (Å²) in [5, 5.41) is 5.60. The number of aromatic nitrogens is 1. The van der Waals surface area contributed by atoms with Gasteiger partial charge in [-0.2, -0.15) is 0 Å². The highest BCUT2D eigenvalue weighted by atomic mass is 32.2. The molecule has 0 saturated heterocycles. The monoisotopic (exact) mass is 371 g/mol. The van der Waals surface area contributed by atoms with E-state index >= 15 is 0 Å². The van der Waals surface area contributed by atoms with Crippen LogP contribution in [-0.2, 0) is 4.79 Å². The molecule has 7 heteroatoms. The molecule has 0 bridgehead atoms. The Morgan fingerprint density at radius 1 is 1.48 bits per heavy atom. The van der Waals surface area contributed by atoms with Crippen LogP contribution in [-0.4, -0.2) is 22.2 Å². The molecule has 1 aromatic carbocycles. The number of nitrogens with zero attached hydrogens (tertiary/aromatic N) is 2. The molecule has 1 atom stereocenters. The molecule has 4 nitrogen and oxygen atoms in total. The van der Waals surface area contributed by atoms with Crippen molar-refractivity contribution in [2.75, 3.05) is 6.26 Å². The first-order chi connectivity index (χ1) is 12.0. The lowest BCUT2D eigenvalue weighted by atomic mass is 9.93. The fraction of sp³-hybridized carbons (Fsp3) is 0.167. The lowest BCUT2D eigenvalue weighted by molar-refractivity contribution is -0.108. The molecule has 25 heavy (non-hydrogen) atoms. The summed E-state index contributed by atoms with van der Waals surface area (Å²) in [5.74, 6) is 2.64. The number of carbonyl (C=O) groups excluding carboxylic acids is 1. The van der Waals surface area contributed by atoms with Crippen molar-refractivity contribution in [1.29, 1.82) is 0 Å². The van der Waals surface area contributed by atoms with Crippen LogP contribution >= 0.6 is 23.1 Å². The third kappa shape index (κ3) is 3.36. The molecule has 0 unspecified atom stereocenters. The van der Waals surface area contributed by atoms with Crippen molar-refractivity contribution < 1.29 is 9.18 Å². The molecule has 1 N–H and O–H groups in total. The number of benzene rings is 1. The number of hydrogen-bond donors (Lipinski definition) is 1. The van der Waals surface area contributed by atoms with Crippen LogP contribution in [0.1, 0.15) is 29.1 Å². The van der Waals surface area contributed by atoms with Crippen molar-refractivity contribution in [1.82, 2.24) is 10.3 Å². The third-order valence-electron chi connectivity index (χ3n) is 3.75. The van der Waals surface area contributed by atoms with Crippen molar-refractivity contribution in [2.45, 2.75) is 13.0 Å². The number of thioether (sulfide) groups is 1. The normalized spacial score (nSPS) is 16.9. The third-order valence-corrected chi connectivity index (χ3v) is 5.12. The van der Waals surface area contributed by atoms with Crippen molar-refractivity contribution in [2.24, 2.45) is 4.99 Å². The van der Waals surface area contributed by atoms with Gasteiger partial charge >= 0.3 is 0 Å². The smallest absolute Gasteiger partial charge is 0.219 e. The first-order valence-electron chi connectivity index (χ1n) is 7.35. The average Bonchev–Trinajstić information content (AvgIpc) is 3.15. The maximum atomic E-state index is 13.6. The van der Waals surface area contributed by atoms with Gasteiger partial charge in [0.1, 0.15) is 11.9 Å². The van der Waals surface area contributed by atoms with Crippen molar-refractivity contribution in [3.05, 3.63) is 63.0 Å². The summed E-state index contributed by atoms with van der Waals surface area (Å²) in [4.78, 5) is 21.4. The van der Waals surface area contributed by atoms with Gasteiger partial charge in [0.25, 0.3) is 0 Å². The number of thiazole rings is 1. The predicted octanol–water partition coefficient (Wildman–Crippen LogP) is 3.52. The molecule has 0 amide bonds. The van der Waals surface area contributed by atoms with Gasteiger partial charge < -0.3 is 5.32 Å². The fourth-order valence-corrected chi connectivity index (χ4v) is 3.69. The molecular formula is C18H14FN3OS2. The minimum atomic E-state index is -0.605. The second kappa shape index (κ2) is 7.21. The van der Waals surface area contributed by atoms with Crippen LogP contribution in [0.2, 0.25) is 0 Å². The van der Waals surface area contributed by atoms with Gasteiger partial charge in [0, 0.05) is 22.8 Å². The van der Waals surface area contributed by atoms with Crippen molar-refractivity contribution in [3.63, 3.8) is 0 Å². The van der Waals surface area contributed by atoms with E-state index in [1.54, 1.807) is 18.5 Å². The maximum Gasteiger partial charge on any atom is 0.219 e. The van der Waals surface area contributed by atoms with E-state index in [-0.39, 0.29) is 5.12 Å². The summed E-state index contributed by atoms with van der Waals surface area (Å²) in [7, 11) is 0. The summed E-state index contributed by atoms with van der Waals surface area (Å²) in [6, 6.07) is 3.59. The maximum absolute atomic E-state index is 13.6. The van der Waals surface area contributed by atoms with E-state index in [9.17, 15) is 9.18 Å². The molecule has 0 fully saturated rings. The largest absolute Gasteiger partial charge is 0.341 e. The van der Waals surface area contributed by atoms with Crippen molar-refractivity contribution in [3.8, 4) is 12.3 Å². The number of carbonyl (C=O) groups is 1. The first-order valence-corrected chi connectivity index (χ1v) is 9.45. The average molecular weight is 371 g/mol. The summed E-state index contributed by atoms with van der Waals surface area (Å²) >= 11 is 2.54. The number of halogens is 1. The highest BCUT2D eigenvalue weighted by molar-refractivity contribution is 8.13. The second-order valence-corrected chi connectivity index (χ2v) is 6.92. The number of rotatable bonds is 3. The van der Waals surface area contributed by atoms with Gasteiger partial charge in [-0.1, -0.05) is 23.7 Å². The predicted molar refractivity (Wildman–Crippen MR) is 100 cm³/mol. The Bertz CT molecular complexity index is 926. The van der Waals surface area contributed by atoms with Crippen LogP contribution in [0.3, 0.4) is 0 Å². The number of amidine groups is 1. The standard InChI is InChI=1S/C18H14FN3OS2/c1-4-11-9-12(19)5-6-13(11)15-14(18(23)24-3)10(2)21-16(22-15)17-20-7-8-25-17/h1,5-9,15H,2-3H3,(H,21,22)/t15-/m0/s1. The van der Waals surface area contributed by atoms with E-state index in [2.05, 4.69) is 21.2 Å². The van der Waals surface area contributed by atoms with Crippen LogP contribution in [0.15, 0.2) is 46.0 Å². The van der Waals surface area contributed by atoms with Crippen molar-refractivity contribution >= 4 is 34.0 Å². The Morgan fingerprint density at radius 2 is 2.28 bits per heavy atom. The van der Waals surface area contributed by atoms with Crippen LogP contribution < -0.4 is 5.32 Å². The SMILES string of the molecule is C#Cc1cc(F)ccc1[C@@H]1N=C(c2nccs2)NC(C)=C1C(=O)SC. The molecule has 0 radical (unpaired) electrons. The van der Waals surface area contributed by atoms with E-state index < -0.39 is 11.9 Å². The minimum absolute atomic E-state index is 0.107. The van der Waals surface area contributed by atoms with Gasteiger partial charge in [-0.15, -0.1) is 17.8 Å². The van der Waals surface area contributed by atoms with Gasteiger partial charge in [0.05, 0.1) is 5.57 Å². The van der Waals surface area contributed by atoms with E-state index in [1.807, 2.05) is 12.3 Å². The highest BCUT2D eigenvalue weighted by Crippen LogP contribution is 2.35. The molecule has 1 aliphatic heterocycles. The topological polar surface area (TPSA) is 54.4 Å². The Kier molecular flexibility index (Phi) is 5.02. The van der Waals surface area contributed by atoms with Crippen LogP contribution in [0.5, 0.6) is 0 Å². The zero-order valence-corrected chi connectivity index (χ0v) is 15.2. The van der Waals surface area contributed by atoms with Gasteiger partial charge in [0.2, 0.25) is 5.12 Å². The number of hydrogen-bond acceptors (Lipinski definition) is 6. The number of aliphatic imine (C=N–C) groups is 1. The second-order valence-electron chi connectivity index (χ2n) is 5.25. The molecule has 1 aromatic heterocycles. The van der Waals surface area contributed by atoms with Gasteiger partial charge in [-0.05, 0) is 30.9 Å². The number of nitrogens with one attached hydrogen (secondary N) is 1. The summed E-state index contributed by atoms with van der Waals surface area (Å²) in [6.45, 7) is 1.82. The molecule has 0 aliphatic carbocycles. The highest BCUT2D eigenvalue weighted by Gasteiger charge is 2.31. The number of terminal acetylenes is 1. The number of allylic oxidation sites excluding steroid dienone is 1. The van der Waals surface area contributed by atoms with Gasteiger partial charge in [-0.3, -0.25) is 9.79 Å². The van der Waals surface area contributed by atoms with Crippen LogP contribution in [0, 0.1) is 18.2 Å². The summed E-state index contributed by atoms with van der Waals surface area (Å²) < 4.78 is 13.6. The van der Waals surface area contributed by atoms with E-state index in [0.29, 0.717) is 33.2 Å². The van der Waals surface area contributed by atoms with Crippen LogP contribution in [0.25, 0.3) is 0 Å². The summed E-state index contributed by atoms with van der Waals surface area (Å²) in [6.07, 6.45) is 8.95. The lowest BCUT2D eigenvalue weighted by Gasteiger charge is -2.26. The zero-order valence-electron chi connectivity index (χ0n) is 13.5. The molecule has 0 saturated carbocycles. The molecule has 2 heterocycles. The molecule has 3 rings (SSSR count). The molecular weight excluding hydrogens is 357 g/mol. The van der Waals surface area contributed by atoms with E-state index in [1.165, 1.54) is 23.5 Å². The fourth-order valence-electron chi connectivity index (χ4n) is 2.62. The molecule has 0 spiro atoms. The van der Waals surface area contributed by atoms with Gasteiger partial charge in [-0.25, -0.2) is 9.37 Å². The Morgan fingerprint density at radius 3 is 2.92 bits per heavy atom. The Hall–Kier alpha value is -2.43. The lowest BCUT2D eigenvalue weighted by Crippen LogP contribution is -2.31. The molecule has 126 valence electrons.